The smallest absolute Gasteiger partial charge is 0.305 e. The van der Waals surface area contributed by atoms with Crippen LogP contribution in [0.1, 0.15) is 50.0 Å². The van der Waals surface area contributed by atoms with Crippen LogP contribution in [0.5, 0.6) is 0 Å². The highest BCUT2D eigenvalue weighted by atomic mass is 32.1. The summed E-state index contributed by atoms with van der Waals surface area (Å²) < 4.78 is 5.80. The van der Waals surface area contributed by atoms with Crippen molar-refractivity contribution in [3.8, 4) is 0 Å². The Morgan fingerprint density at radius 1 is 1.08 bits per heavy atom. The van der Waals surface area contributed by atoms with Crippen LogP contribution in [0.15, 0.2) is 24.3 Å². The second kappa shape index (κ2) is 10.8. The summed E-state index contributed by atoms with van der Waals surface area (Å²) in [5.41, 5.74) is 1.04. The molecule has 1 aromatic carbocycles. The molecule has 1 N–H and O–H groups in total. The molecule has 1 aromatic heterocycles. The Bertz CT molecular complexity index is 651. The maximum absolute atomic E-state index is 11.8. The molecule has 0 atom stereocenters. The lowest BCUT2D eigenvalue weighted by atomic mass is 10.1. The number of nitrogens with zero attached hydrogens (tertiary/aromatic N) is 1. The number of carbonyl (C=O) groups excluding carboxylic acids is 2. The molecule has 136 valence electrons. The van der Waals surface area contributed by atoms with Crippen molar-refractivity contribution >= 4 is 33.4 Å². The van der Waals surface area contributed by atoms with Crippen molar-refractivity contribution in [2.75, 3.05) is 13.7 Å². The summed E-state index contributed by atoms with van der Waals surface area (Å²) >= 11 is 1.71. The summed E-state index contributed by atoms with van der Waals surface area (Å²) in [6.07, 6.45) is 6.50. The molecule has 6 heteroatoms. The first-order chi connectivity index (χ1) is 12.2. The van der Waals surface area contributed by atoms with Gasteiger partial charge in [-0.05, 0) is 37.8 Å². The largest absolute Gasteiger partial charge is 0.469 e. The first-order valence-electron chi connectivity index (χ1n) is 8.87. The van der Waals surface area contributed by atoms with Crippen LogP contribution in [0.25, 0.3) is 10.2 Å². The number of aryl methyl sites for hydroxylation is 1. The molecule has 0 fully saturated rings. The first kappa shape index (κ1) is 19.4. The molecule has 0 saturated heterocycles. The predicted octanol–water partition coefficient (Wildman–Crippen LogP) is 3.86. The Morgan fingerprint density at radius 2 is 1.88 bits per heavy atom. The number of aromatic nitrogens is 1. The Labute approximate surface area is 152 Å². The number of nitrogens with one attached hydrogen (secondary N) is 1. The number of carbonyl (C=O) groups is 2. The quantitative estimate of drug-likeness (QED) is 0.487. The van der Waals surface area contributed by atoms with Gasteiger partial charge in [0.1, 0.15) is 0 Å². The summed E-state index contributed by atoms with van der Waals surface area (Å²) in [6.45, 7) is 0.707. The van der Waals surface area contributed by atoms with Crippen molar-refractivity contribution in [2.45, 2.75) is 51.4 Å². The van der Waals surface area contributed by atoms with Crippen molar-refractivity contribution in [1.29, 1.82) is 0 Å². The second-order valence-corrected chi connectivity index (χ2v) is 7.13. The Kier molecular flexibility index (Phi) is 8.39. The number of unbranched alkanes of at least 4 members (excludes halogenated alkanes) is 3. The number of methoxy groups -OCH3 is 1. The van der Waals surface area contributed by atoms with Crippen LogP contribution in [0.3, 0.4) is 0 Å². The molecule has 5 nitrogen and oxygen atoms in total. The number of amides is 1. The third-order valence-corrected chi connectivity index (χ3v) is 5.09. The number of hydrogen-bond acceptors (Lipinski definition) is 5. The van der Waals surface area contributed by atoms with Crippen molar-refractivity contribution in [3.63, 3.8) is 0 Å². The molecule has 0 spiro atoms. The van der Waals surface area contributed by atoms with Crippen LogP contribution in [-0.4, -0.2) is 30.5 Å². The van der Waals surface area contributed by atoms with Gasteiger partial charge in [-0.15, -0.1) is 11.3 Å². The molecule has 1 amide bonds. The highest BCUT2D eigenvalue weighted by molar-refractivity contribution is 7.18. The van der Waals surface area contributed by atoms with E-state index in [4.69, 9.17) is 0 Å². The Morgan fingerprint density at radius 3 is 2.68 bits per heavy atom. The second-order valence-electron chi connectivity index (χ2n) is 6.02. The molecule has 0 unspecified atom stereocenters. The van der Waals surface area contributed by atoms with E-state index in [1.165, 1.54) is 11.8 Å². The first-order valence-corrected chi connectivity index (χ1v) is 9.68. The minimum atomic E-state index is -0.151. The molecule has 1 heterocycles. The van der Waals surface area contributed by atoms with Crippen LogP contribution in [-0.2, 0) is 20.7 Å². The minimum Gasteiger partial charge on any atom is -0.469 e. The Hall–Kier alpha value is -1.95. The Balaban J connectivity index is 1.50. The fourth-order valence-corrected chi connectivity index (χ4v) is 3.60. The number of fused-ring (bicyclic) bond motifs is 1. The van der Waals surface area contributed by atoms with Gasteiger partial charge in [0.2, 0.25) is 5.91 Å². The number of esters is 1. The average Bonchev–Trinajstić information content (AvgIpc) is 3.03. The number of ether oxygens (including phenoxy) is 1. The van der Waals surface area contributed by atoms with Gasteiger partial charge in [0, 0.05) is 19.4 Å². The van der Waals surface area contributed by atoms with E-state index < -0.39 is 0 Å². The van der Waals surface area contributed by atoms with Gasteiger partial charge >= 0.3 is 5.97 Å². The average molecular weight is 362 g/mol. The van der Waals surface area contributed by atoms with Gasteiger partial charge in [-0.2, -0.15) is 0 Å². The zero-order valence-electron chi connectivity index (χ0n) is 14.8. The van der Waals surface area contributed by atoms with E-state index in [1.807, 2.05) is 18.2 Å². The van der Waals surface area contributed by atoms with E-state index in [0.29, 0.717) is 19.4 Å². The lowest BCUT2D eigenvalue weighted by molar-refractivity contribution is -0.140. The van der Waals surface area contributed by atoms with Gasteiger partial charge in [-0.25, -0.2) is 4.98 Å². The van der Waals surface area contributed by atoms with E-state index in [-0.39, 0.29) is 11.9 Å². The van der Waals surface area contributed by atoms with Crippen molar-refractivity contribution in [2.24, 2.45) is 0 Å². The molecular weight excluding hydrogens is 336 g/mol. The molecule has 0 saturated carbocycles. The molecule has 25 heavy (non-hydrogen) atoms. The van der Waals surface area contributed by atoms with E-state index in [2.05, 4.69) is 21.1 Å². The summed E-state index contributed by atoms with van der Waals surface area (Å²) in [7, 11) is 1.41. The van der Waals surface area contributed by atoms with Crippen molar-refractivity contribution in [3.05, 3.63) is 29.3 Å². The van der Waals surface area contributed by atoms with E-state index in [1.54, 1.807) is 11.3 Å². The summed E-state index contributed by atoms with van der Waals surface area (Å²) in [5.74, 6) is -0.0444. The van der Waals surface area contributed by atoms with Gasteiger partial charge in [0.15, 0.2) is 0 Å². The number of thiazole rings is 1. The van der Waals surface area contributed by atoms with Gasteiger partial charge in [0.05, 0.1) is 22.3 Å². The van der Waals surface area contributed by atoms with E-state index in [0.717, 1.165) is 49.0 Å². The normalized spacial score (nSPS) is 10.8. The minimum absolute atomic E-state index is 0.107. The zero-order valence-corrected chi connectivity index (χ0v) is 15.6. The lowest BCUT2D eigenvalue weighted by Gasteiger charge is -2.05. The zero-order chi connectivity index (χ0) is 17.9. The number of hydrogen-bond donors (Lipinski definition) is 1. The molecule has 0 aliphatic carbocycles. The van der Waals surface area contributed by atoms with Crippen LogP contribution in [0, 0.1) is 0 Å². The van der Waals surface area contributed by atoms with Gasteiger partial charge in [-0.1, -0.05) is 25.0 Å². The highest BCUT2D eigenvalue weighted by Gasteiger charge is 2.05. The molecular formula is C19H26N2O3S. The molecule has 2 rings (SSSR count). The molecule has 0 aliphatic rings. The number of para-hydroxylation sites is 1. The monoisotopic (exact) mass is 362 g/mol. The third-order valence-electron chi connectivity index (χ3n) is 3.99. The number of rotatable bonds is 11. The molecule has 0 radical (unpaired) electrons. The SMILES string of the molecule is COC(=O)CCCCCCNC(=O)CCCc1nc2ccccc2s1. The summed E-state index contributed by atoms with van der Waals surface area (Å²) in [5, 5.41) is 4.06. The van der Waals surface area contributed by atoms with Crippen LogP contribution in [0.2, 0.25) is 0 Å². The lowest BCUT2D eigenvalue weighted by Crippen LogP contribution is -2.24. The number of benzene rings is 1. The topological polar surface area (TPSA) is 68.3 Å². The summed E-state index contributed by atoms with van der Waals surface area (Å²) in [4.78, 5) is 27.4. The maximum atomic E-state index is 11.8. The standard InChI is InChI=1S/C19H26N2O3S/c1-24-19(23)13-4-2-3-7-14-20-17(22)11-8-12-18-21-15-9-5-6-10-16(15)25-18/h5-6,9-10H,2-4,7-8,11-14H2,1H3,(H,20,22). The van der Waals surface area contributed by atoms with Crippen molar-refractivity contribution in [1.82, 2.24) is 10.3 Å². The van der Waals surface area contributed by atoms with Crippen LogP contribution in [0.4, 0.5) is 0 Å². The van der Waals surface area contributed by atoms with Crippen LogP contribution >= 0.6 is 11.3 Å². The fourth-order valence-electron chi connectivity index (χ4n) is 2.59. The van der Waals surface area contributed by atoms with Gasteiger partial charge in [-0.3, -0.25) is 9.59 Å². The highest BCUT2D eigenvalue weighted by Crippen LogP contribution is 2.22. The van der Waals surface area contributed by atoms with Gasteiger partial charge < -0.3 is 10.1 Å². The van der Waals surface area contributed by atoms with E-state index in [9.17, 15) is 9.59 Å². The van der Waals surface area contributed by atoms with Crippen molar-refractivity contribution < 1.29 is 14.3 Å². The maximum Gasteiger partial charge on any atom is 0.305 e. The molecule has 0 bridgehead atoms. The summed E-state index contributed by atoms with van der Waals surface area (Å²) in [6, 6.07) is 8.11. The van der Waals surface area contributed by atoms with Crippen LogP contribution < -0.4 is 5.32 Å². The third kappa shape index (κ3) is 7.22. The fraction of sp³-hybridized carbons (Fsp3) is 0.526. The predicted molar refractivity (Wildman–Crippen MR) is 101 cm³/mol. The molecule has 2 aromatic rings. The van der Waals surface area contributed by atoms with E-state index >= 15 is 0 Å². The van der Waals surface area contributed by atoms with Gasteiger partial charge in [0.25, 0.3) is 0 Å². The molecule has 0 aliphatic heterocycles.